The molecule has 2 aromatic carbocycles. The first-order valence-electron chi connectivity index (χ1n) is 4.88. The fourth-order valence-corrected chi connectivity index (χ4v) is 1.86. The second-order valence-corrected chi connectivity index (χ2v) is 3.88. The average Bonchev–Trinajstić information content (AvgIpc) is 2.35. The molecule has 0 aliphatic rings. The number of fused-ring (bicyclic) bond motifs is 1. The van der Waals surface area contributed by atoms with Crippen LogP contribution in [0.15, 0.2) is 0 Å². The third-order valence-corrected chi connectivity index (χ3v) is 2.85. The second kappa shape index (κ2) is 3.90. The largest absolute Gasteiger partial charge is 0.206 e. The molecule has 2 aromatic rings. The van der Waals surface area contributed by atoms with Gasteiger partial charge in [-0.15, -0.1) is 0 Å². The summed E-state index contributed by atoms with van der Waals surface area (Å²) in [6.07, 6.45) is 0. The minimum absolute atomic E-state index is 0.473. The second-order valence-electron chi connectivity index (χ2n) is 3.88. The molecule has 0 heterocycles. The summed E-state index contributed by atoms with van der Waals surface area (Å²) in [6.45, 7) is 2.03. The van der Waals surface area contributed by atoms with Gasteiger partial charge in [0.15, 0.2) is 23.3 Å². The highest BCUT2D eigenvalue weighted by Gasteiger charge is 2.27. The van der Waals surface area contributed by atoms with Crippen LogP contribution in [0, 0.1) is 48.8 Å². The van der Waals surface area contributed by atoms with E-state index in [0.717, 1.165) is 13.8 Å². The van der Waals surface area contributed by atoms with Crippen molar-refractivity contribution >= 4 is 10.8 Å². The van der Waals surface area contributed by atoms with E-state index in [9.17, 15) is 26.3 Å². The Morgan fingerprint density at radius 1 is 0.444 bits per heavy atom. The molecular weight excluding hydrogens is 258 g/mol. The number of benzene rings is 2. The molecular formula is C12H6F6. The fraction of sp³-hybridized carbons (Fsp3) is 0.167. The topological polar surface area (TPSA) is 0 Å². The van der Waals surface area contributed by atoms with Gasteiger partial charge < -0.3 is 0 Å². The first-order chi connectivity index (χ1) is 8.29. The highest BCUT2D eigenvalue weighted by atomic mass is 19.2. The third kappa shape index (κ3) is 1.41. The quantitative estimate of drug-likeness (QED) is 0.378. The van der Waals surface area contributed by atoms with Crippen molar-refractivity contribution in [2.45, 2.75) is 13.8 Å². The Hall–Kier alpha value is -1.72. The van der Waals surface area contributed by atoms with Crippen LogP contribution in [0.2, 0.25) is 0 Å². The predicted octanol–water partition coefficient (Wildman–Crippen LogP) is 4.29. The van der Waals surface area contributed by atoms with Crippen LogP contribution in [-0.4, -0.2) is 0 Å². The maximum Gasteiger partial charge on any atom is 0.198 e. The minimum Gasteiger partial charge on any atom is -0.206 e. The number of rotatable bonds is 0. The molecule has 0 fully saturated rings. The van der Waals surface area contributed by atoms with Crippen LogP contribution >= 0.6 is 0 Å². The summed E-state index contributed by atoms with van der Waals surface area (Å²) in [6, 6.07) is 0. The van der Waals surface area contributed by atoms with Crippen molar-refractivity contribution in [1.29, 1.82) is 0 Å². The molecule has 0 unspecified atom stereocenters. The molecule has 0 bridgehead atoms. The highest BCUT2D eigenvalue weighted by Crippen LogP contribution is 2.34. The molecule has 0 saturated carbocycles. The molecule has 0 spiro atoms. The monoisotopic (exact) mass is 264 g/mol. The smallest absolute Gasteiger partial charge is 0.198 e. The van der Waals surface area contributed by atoms with Crippen molar-refractivity contribution in [2.75, 3.05) is 0 Å². The summed E-state index contributed by atoms with van der Waals surface area (Å²) in [7, 11) is 0. The van der Waals surface area contributed by atoms with Gasteiger partial charge in [0.25, 0.3) is 0 Å². The Bertz CT molecular complexity index is 562. The number of halogens is 6. The van der Waals surface area contributed by atoms with Gasteiger partial charge in [0, 0.05) is 10.9 Å². The molecule has 0 N–H and O–H groups in total. The summed E-state index contributed by atoms with van der Waals surface area (Å²) in [4.78, 5) is 0. The molecule has 6 heteroatoms. The third-order valence-electron chi connectivity index (χ3n) is 2.85. The summed E-state index contributed by atoms with van der Waals surface area (Å²) < 4.78 is 80.1. The van der Waals surface area contributed by atoms with Gasteiger partial charge in [-0.05, 0) is 19.4 Å². The zero-order chi connectivity index (χ0) is 13.8. The van der Waals surface area contributed by atoms with Crippen LogP contribution in [0.1, 0.15) is 11.1 Å². The molecule has 0 radical (unpaired) electrons. The lowest BCUT2D eigenvalue weighted by Gasteiger charge is -2.11. The maximum atomic E-state index is 13.7. The Morgan fingerprint density at radius 2 is 0.889 bits per heavy atom. The zero-order valence-electron chi connectivity index (χ0n) is 9.27. The van der Waals surface area contributed by atoms with Gasteiger partial charge in [-0.25, -0.2) is 26.3 Å². The molecule has 0 aliphatic heterocycles. The SMILES string of the molecule is Cc1c(F)c(C)c2c(F)c(F)c(F)c(F)c2c1F. The molecule has 0 aliphatic carbocycles. The van der Waals surface area contributed by atoms with E-state index in [-0.39, 0.29) is 0 Å². The van der Waals surface area contributed by atoms with E-state index in [1.807, 2.05) is 0 Å². The molecule has 0 atom stereocenters. The van der Waals surface area contributed by atoms with Crippen molar-refractivity contribution in [3.05, 3.63) is 46.0 Å². The van der Waals surface area contributed by atoms with E-state index < -0.39 is 56.8 Å². The van der Waals surface area contributed by atoms with E-state index in [1.54, 1.807) is 0 Å². The van der Waals surface area contributed by atoms with Crippen molar-refractivity contribution in [2.24, 2.45) is 0 Å². The summed E-state index contributed by atoms with van der Waals surface area (Å²) in [5, 5.41) is -2.00. The maximum absolute atomic E-state index is 13.7. The Kier molecular flexibility index (Phi) is 2.76. The summed E-state index contributed by atoms with van der Waals surface area (Å²) >= 11 is 0. The van der Waals surface area contributed by atoms with E-state index >= 15 is 0 Å². The van der Waals surface area contributed by atoms with Crippen LogP contribution in [0.5, 0.6) is 0 Å². The number of hydrogen-bond donors (Lipinski definition) is 0. The molecule has 0 aromatic heterocycles. The van der Waals surface area contributed by atoms with E-state index in [0.29, 0.717) is 0 Å². The zero-order valence-corrected chi connectivity index (χ0v) is 9.27. The van der Waals surface area contributed by atoms with Crippen molar-refractivity contribution in [3.8, 4) is 0 Å². The standard InChI is InChI=1S/C12H6F6/c1-3-5-6(8(14)4(2)7(3)13)10(16)12(18)11(17)9(5)15/h1-2H3. The van der Waals surface area contributed by atoms with E-state index in [4.69, 9.17) is 0 Å². The van der Waals surface area contributed by atoms with Gasteiger partial charge in [-0.3, -0.25) is 0 Å². The number of aryl methyl sites for hydroxylation is 1. The van der Waals surface area contributed by atoms with Crippen LogP contribution in [-0.2, 0) is 0 Å². The van der Waals surface area contributed by atoms with Crippen LogP contribution < -0.4 is 0 Å². The lowest BCUT2D eigenvalue weighted by molar-refractivity contribution is 0.415. The Balaban J connectivity index is 3.22. The van der Waals surface area contributed by atoms with E-state index in [1.165, 1.54) is 0 Å². The Morgan fingerprint density at radius 3 is 1.39 bits per heavy atom. The van der Waals surface area contributed by atoms with E-state index in [2.05, 4.69) is 0 Å². The lowest BCUT2D eigenvalue weighted by atomic mass is 9.99. The lowest BCUT2D eigenvalue weighted by Crippen LogP contribution is -2.05. The minimum atomic E-state index is -2.12. The first kappa shape index (κ1) is 12.7. The van der Waals surface area contributed by atoms with Crippen LogP contribution in [0.4, 0.5) is 26.3 Å². The Labute approximate surface area is 97.8 Å². The molecule has 96 valence electrons. The number of hydrogen-bond acceptors (Lipinski definition) is 0. The van der Waals surface area contributed by atoms with Crippen LogP contribution in [0.25, 0.3) is 10.8 Å². The van der Waals surface area contributed by atoms with Crippen molar-refractivity contribution in [1.82, 2.24) is 0 Å². The van der Waals surface area contributed by atoms with Gasteiger partial charge in [-0.2, -0.15) is 0 Å². The predicted molar refractivity (Wildman–Crippen MR) is 53.2 cm³/mol. The van der Waals surface area contributed by atoms with Gasteiger partial charge in [0.1, 0.15) is 11.6 Å². The van der Waals surface area contributed by atoms with Crippen molar-refractivity contribution < 1.29 is 26.3 Å². The molecule has 0 saturated heterocycles. The molecule has 18 heavy (non-hydrogen) atoms. The fourth-order valence-electron chi connectivity index (χ4n) is 1.86. The van der Waals surface area contributed by atoms with Gasteiger partial charge in [0.05, 0.1) is 5.39 Å². The molecule has 0 nitrogen and oxygen atoms in total. The summed E-state index contributed by atoms with van der Waals surface area (Å²) in [5.74, 6) is -10.4. The van der Waals surface area contributed by atoms with Crippen molar-refractivity contribution in [3.63, 3.8) is 0 Å². The average molecular weight is 264 g/mol. The highest BCUT2D eigenvalue weighted by molar-refractivity contribution is 5.88. The summed E-state index contributed by atoms with van der Waals surface area (Å²) in [5.41, 5.74) is -1.05. The van der Waals surface area contributed by atoms with Gasteiger partial charge >= 0.3 is 0 Å². The first-order valence-corrected chi connectivity index (χ1v) is 4.88. The molecule has 2 rings (SSSR count). The molecule has 0 amide bonds. The normalized spacial score (nSPS) is 11.3. The van der Waals surface area contributed by atoms with Gasteiger partial charge in [0.2, 0.25) is 0 Å². The van der Waals surface area contributed by atoms with Crippen LogP contribution in [0.3, 0.4) is 0 Å². The van der Waals surface area contributed by atoms with Gasteiger partial charge in [-0.1, -0.05) is 0 Å².